The fourth-order valence-electron chi connectivity index (χ4n) is 13.1. The van der Waals surface area contributed by atoms with Crippen LogP contribution in [0, 0.1) is 52.3 Å². The summed E-state index contributed by atoms with van der Waals surface area (Å²) in [5.41, 5.74) is 14.6. The SMILES string of the molecule is CC(C)(C)C1=CC2B3C4=CC=CCC4C(c4ccccc4)C4=C3C(CC(C(C)(c3ccccc3)c3ccccc3)=C4)C3C4C=CC(C(C)(C)C)CC4C(=C1)C23. The highest BCUT2D eigenvalue weighted by molar-refractivity contribution is 6.77. The van der Waals surface area contributed by atoms with E-state index in [9.17, 15) is 0 Å². The Balaban J connectivity index is 1.27. The molecule has 0 spiro atoms. The first-order chi connectivity index (χ1) is 26.4. The van der Waals surface area contributed by atoms with Crippen LogP contribution >= 0.6 is 0 Å². The Labute approximate surface area is 332 Å². The minimum Gasteiger partial charge on any atom is -0.0910 e. The molecule has 2 fully saturated rings. The molecule has 55 heavy (non-hydrogen) atoms. The molecular formula is C54H59B. The van der Waals surface area contributed by atoms with Crippen LogP contribution in [-0.4, -0.2) is 6.71 Å². The van der Waals surface area contributed by atoms with Gasteiger partial charge in [-0.3, -0.25) is 0 Å². The second-order valence-corrected chi connectivity index (χ2v) is 20.5. The average molecular weight is 719 g/mol. The van der Waals surface area contributed by atoms with Gasteiger partial charge in [-0.25, -0.2) is 0 Å². The van der Waals surface area contributed by atoms with Gasteiger partial charge < -0.3 is 0 Å². The van der Waals surface area contributed by atoms with E-state index in [0.717, 1.165) is 12.8 Å². The summed E-state index contributed by atoms with van der Waals surface area (Å²) >= 11 is 0. The van der Waals surface area contributed by atoms with Gasteiger partial charge in [-0.15, -0.1) is 0 Å². The fraction of sp³-hybridized carbons (Fsp3) is 0.407. The fourth-order valence-corrected chi connectivity index (χ4v) is 13.1. The monoisotopic (exact) mass is 718 g/mol. The topological polar surface area (TPSA) is 0 Å². The van der Waals surface area contributed by atoms with Crippen molar-refractivity contribution in [3.63, 3.8) is 0 Å². The van der Waals surface area contributed by atoms with E-state index in [1.54, 1.807) is 22.2 Å². The molecule has 2 heterocycles. The normalized spacial score (nSPS) is 32.1. The van der Waals surface area contributed by atoms with Crippen molar-refractivity contribution >= 4 is 6.71 Å². The van der Waals surface area contributed by atoms with Crippen molar-refractivity contribution in [1.29, 1.82) is 0 Å². The predicted molar refractivity (Wildman–Crippen MR) is 233 cm³/mol. The standard InChI is InChI=1S/C54H59B/c1-52(2,3)37-27-28-40-42(29-37)43-30-38(53(4,5)6)33-47-50(43)49(40)45-32-39(54(7,35-21-13-9-14-22-35)36-23-15-10-16-24-36)31-44-48(34-19-11-8-12-20-34)41-25-17-18-26-46(41)55(47)51(44)45/h8-24,26-28,30-31,33,37,40-42,45,47-50H,25,29,32H2,1-7H3. The zero-order chi connectivity index (χ0) is 37.9. The summed E-state index contributed by atoms with van der Waals surface area (Å²) in [6.45, 7) is 17.8. The van der Waals surface area contributed by atoms with Gasteiger partial charge in [0, 0.05) is 11.3 Å². The van der Waals surface area contributed by atoms with E-state index in [4.69, 9.17) is 0 Å². The molecule has 3 aromatic carbocycles. The Hall–Kier alpha value is -4.10. The molecule has 0 nitrogen and oxygen atoms in total. The van der Waals surface area contributed by atoms with E-state index in [-0.39, 0.29) is 16.2 Å². The summed E-state index contributed by atoms with van der Waals surface area (Å²) in [4.78, 5) is 0. The highest BCUT2D eigenvalue weighted by Crippen LogP contribution is 2.70. The predicted octanol–water partition coefficient (Wildman–Crippen LogP) is 13.5. The van der Waals surface area contributed by atoms with Crippen molar-refractivity contribution in [1.82, 2.24) is 0 Å². The molecule has 0 N–H and O–H groups in total. The minimum atomic E-state index is -0.237. The molecule has 0 radical (unpaired) electrons. The maximum Gasteiger partial charge on any atom is 0.208 e. The van der Waals surface area contributed by atoms with Gasteiger partial charge in [-0.05, 0) is 112 Å². The number of hydrogen-bond donors (Lipinski definition) is 0. The molecule has 9 atom stereocenters. The van der Waals surface area contributed by atoms with Crippen LogP contribution in [0.5, 0.6) is 0 Å². The third-order valence-corrected chi connectivity index (χ3v) is 15.8. The number of allylic oxidation sites excluding steroid dienone is 14. The summed E-state index contributed by atoms with van der Waals surface area (Å²) in [7, 11) is 0. The third-order valence-electron chi connectivity index (χ3n) is 15.8. The number of fused-ring (bicyclic) bond motifs is 7. The van der Waals surface area contributed by atoms with Crippen molar-refractivity contribution in [3.05, 3.63) is 190 Å². The lowest BCUT2D eigenvalue weighted by Gasteiger charge is -2.56. The lowest BCUT2D eigenvalue weighted by Crippen LogP contribution is -2.52. The maximum absolute atomic E-state index is 2.82. The lowest BCUT2D eigenvalue weighted by molar-refractivity contribution is 0.188. The summed E-state index contributed by atoms with van der Waals surface area (Å²) in [5.74, 6) is 4.83. The highest BCUT2D eigenvalue weighted by Gasteiger charge is 2.64. The molecule has 5 aliphatic carbocycles. The Morgan fingerprint density at radius 2 is 1.35 bits per heavy atom. The van der Waals surface area contributed by atoms with Crippen LogP contribution in [0.15, 0.2) is 173 Å². The first kappa shape index (κ1) is 35.3. The third kappa shape index (κ3) is 5.38. The van der Waals surface area contributed by atoms with E-state index >= 15 is 0 Å². The summed E-state index contributed by atoms with van der Waals surface area (Å²) in [6.07, 6.45) is 24.8. The van der Waals surface area contributed by atoms with E-state index in [0.29, 0.717) is 59.9 Å². The molecule has 10 rings (SSSR count). The van der Waals surface area contributed by atoms with Crippen LogP contribution in [0.4, 0.5) is 0 Å². The second kappa shape index (κ2) is 12.7. The summed E-state index contributed by atoms with van der Waals surface area (Å²) in [6, 6.07) is 34.6. The average Bonchev–Trinajstić information content (AvgIpc) is 3.53. The Bertz CT molecular complexity index is 2170. The molecule has 9 unspecified atom stereocenters. The van der Waals surface area contributed by atoms with Crippen LogP contribution in [0.1, 0.15) is 90.3 Å². The van der Waals surface area contributed by atoms with Crippen molar-refractivity contribution in [2.75, 3.05) is 0 Å². The van der Waals surface area contributed by atoms with Crippen LogP contribution in [0.3, 0.4) is 0 Å². The minimum absolute atomic E-state index is 0.113. The van der Waals surface area contributed by atoms with Crippen molar-refractivity contribution < 1.29 is 0 Å². The van der Waals surface area contributed by atoms with Gasteiger partial charge in [-0.1, -0.05) is 203 Å². The molecule has 1 saturated heterocycles. The lowest BCUT2D eigenvalue weighted by atomic mass is 9.20. The highest BCUT2D eigenvalue weighted by atomic mass is 14.6. The van der Waals surface area contributed by atoms with Gasteiger partial charge >= 0.3 is 0 Å². The zero-order valence-electron chi connectivity index (χ0n) is 34.2. The van der Waals surface area contributed by atoms with E-state index in [1.807, 2.05) is 11.0 Å². The van der Waals surface area contributed by atoms with E-state index < -0.39 is 0 Å². The van der Waals surface area contributed by atoms with E-state index in [1.165, 1.54) is 23.1 Å². The quantitative estimate of drug-likeness (QED) is 0.186. The van der Waals surface area contributed by atoms with Gasteiger partial charge in [0.15, 0.2) is 0 Å². The van der Waals surface area contributed by atoms with Gasteiger partial charge in [0.05, 0.1) is 0 Å². The van der Waals surface area contributed by atoms with E-state index in [2.05, 4.69) is 188 Å². The van der Waals surface area contributed by atoms with Crippen LogP contribution in [0.25, 0.3) is 0 Å². The molecule has 0 amide bonds. The summed E-state index contributed by atoms with van der Waals surface area (Å²) in [5, 5.41) is 0. The van der Waals surface area contributed by atoms with Crippen LogP contribution in [-0.2, 0) is 5.41 Å². The van der Waals surface area contributed by atoms with Crippen molar-refractivity contribution in [2.45, 2.75) is 84.9 Å². The molecule has 1 saturated carbocycles. The van der Waals surface area contributed by atoms with Crippen molar-refractivity contribution in [3.8, 4) is 0 Å². The second-order valence-electron chi connectivity index (χ2n) is 20.5. The van der Waals surface area contributed by atoms with Gasteiger partial charge in [-0.2, -0.15) is 0 Å². The molecule has 7 aliphatic rings. The Morgan fingerprint density at radius 3 is 1.98 bits per heavy atom. The van der Waals surface area contributed by atoms with Crippen molar-refractivity contribution in [2.24, 2.45) is 52.3 Å². The Morgan fingerprint density at radius 1 is 0.691 bits per heavy atom. The smallest absolute Gasteiger partial charge is 0.0910 e. The summed E-state index contributed by atoms with van der Waals surface area (Å²) < 4.78 is 0. The first-order valence-electron chi connectivity index (χ1n) is 21.5. The van der Waals surface area contributed by atoms with Gasteiger partial charge in [0.25, 0.3) is 0 Å². The number of benzene rings is 3. The number of rotatable bonds is 4. The molecule has 0 bridgehead atoms. The molecule has 1 heteroatoms. The zero-order valence-corrected chi connectivity index (χ0v) is 34.2. The molecule has 278 valence electrons. The molecule has 0 aromatic heterocycles. The number of hydrogen-bond acceptors (Lipinski definition) is 0. The van der Waals surface area contributed by atoms with Gasteiger partial charge in [0.2, 0.25) is 6.71 Å². The van der Waals surface area contributed by atoms with Crippen LogP contribution < -0.4 is 0 Å². The first-order valence-corrected chi connectivity index (χ1v) is 21.5. The maximum atomic E-state index is 2.82. The Kier molecular flexibility index (Phi) is 8.16. The molecule has 2 aliphatic heterocycles. The molecule has 3 aromatic rings. The molecular weight excluding hydrogens is 659 g/mol. The van der Waals surface area contributed by atoms with Crippen LogP contribution in [0.2, 0.25) is 5.82 Å². The van der Waals surface area contributed by atoms with Gasteiger partial charge in [0.1, 0.15) is 0 Å². The largest absolute Gasteiger partial charge is 0.208 e.